The summed E-state index contributed by atoms with van der Waals surface area (Å²) in [5.41, 5.74) is 0. The molecule has 0 aliphatic rings. The van der Waals surface area contributed by atoms with Gasteiger partial charge in [-0.05, 0) is 0 Å². The molecule has 13 heavy (non-hydrogen) atoms. The molecule has 0 unspecified atom stereocenters. The summed E-state index contributed by atoms with van der Waals surface area (Å²) >= 11 is 0. The van der Waals surface area contributed by atoms with Crippen molar-refractivity contribution in [2.75, 3.05) is 19.6 Å². The summed E-state index contributed by atoms with van der Waals surface area (Å²) in [5, 5.41) is 0. The van der Waals surface area contributed by atoms with Gasteiger partial charge in [-0.2, -0.15) is 13.2 Å². The maximum Gasteiger partial charge on any atom is 0.390 e. The SMILES string of the molecule is C=CCN(CC=C)CCC(F)(F)F. The van der Waals surface area contributed by atoms with Crippen molar-refractivity contribution in [3.05, 3.63) is 25.3 Å². The zero-order valence-electron chi connectivity index (χ0n) is 7.48. The summed E-state index contributed by atoms with van der Waals surface area (Å²) in [6.07, 6.45) is -1.70. The van der Waals surface area contributed by atoms with Crippen LogP contribution >= 0.6 is 0 Å². The summed E-state index contributed by atoms with van der Waals surface area (Å²) in [4.78, 5) is 1.63. The lowest BCUT2D eigenvalue weighted by molar-refractivity contribution is -0.137. The summed E-state index contributed by atoms with van der Waals surface area (Å²) < 4.78 is 35.5. The van der Waals surface area contributed by atoms with Crippen molar-refractivity contribution in [2.24, 2.45) is 0 Å². The van der Waals surface area contributed by atoms with E-state index in [2.05, 4.69) is 13.2 Å². The van der Waals surface area contributed by atoms with Gasteiger partial charge in [-0.3, -0.25) is 4.90 Å². The second-order valence-corrected chi connectivity index (χ2v) is 2.70. The van der Waals surface area contributed by atoms with Gasteiger partial charge in [0.15, 0.2) is 0 Å². The van der Waals surface area contributed by atoms with E-state index in [9.17, 15) is 13.2 Å². The average molecular weight is 193 g/mol. The molecule has 0 aromatic carbocycles. The van der Waals surface area contributed by atoms with Gasteiger partial charge in [-0.15, -0.1) is 13.2 Å². The molecule has 0 N–H and O–H groups in total. The van der Waals surface area contributed by atoms with Gasteiger partial charge in [0.05, 0.1) is 6.42 Å². The quantitative estimate of drug-likeness (QED) is 0.586. The summed E-state index contributed by atoms with van der Waals surface area (Å²) in [6.45, 7) is 7.86. The molecule has 0 fully saturated rings. The predicted octanol–water partition coefficient (Wildman–Crippen LogP) is 2.61. The fraction of sp³-hybridized carbons (Fsp3) is 0.556. The van der Waals surface area contributed by atoms with Crippen molar-refractivity contribution < 1.29 is 13.2 Å². The van der Waals surface area contributed by atoms with Crippen LogP contribution < -0.4 is 0 Å². The number of alkyl halides is 3. The maximum absolute atomic E-state index is 11.8. The minimum atomic E-state index is -4.08. The van der Waals surface area contributed by atoms with Crippen LogP contribution in [0.3, 0.4) is 0 Å². The molecule has 0 amide bonds. The molecule has 0 saturated heterocycles. The first-order valence-electron chi connectivity index (χ1n) is 4.00. The van der Waals surface area contributed by atoms with Crippen LogP contribution in [-0.4, -0.2) is 30.7 Å². The van der Waals surface area contributed by atoms with E-state index >= 15 is 0 Å². The van der Waals surface area contributed by atoms with E-state index in [4.69, 9.17) is 0 Å². The number of hydrogen-bond acceptors (Lipinski definition) is 1. The Bertz CT molecular complexity index is 153. The smallest absolute Gasteiger partial charge is 0.296 e. The molecular formula is C9H14F3N. The molecule has 0 rings (SSSR count). The van der Waals surface area contributed by atoms with E-state index in [0.717, 1.165) is 0 Å². The van der Waals surface area contributed by atoms with Gasteiger partial charge >= 0.3 is 6.18 Å². The third-order valence-electron chi connectivity index (χ3n) is 1.49. The Morgan fingerprint density at radius 1 is 1.08 bits per heavy atom. The van der Waals surface area contributed by atoms with E-state index in [1.807, 2.05) is 0 Å². The van der Waals surface area contributed by atoms with Crippen molar-refractivity contribution in [2.45, 2.75) is 12.6 Å². The van der Waals surface area contributed by atoms with Crippen LogP contribution in [0.25, 0.3) is 0 Å². The van der Waals surface area contributed by atoms with E-state index < -0.39 is 12.6 Å². The molecule has 4 heteroatoms. The van der Waals surface area contributed by atoms with Crippen molar-refractivity contribution in [1.82, 2.24) is 4.90 Å². The molecule has 0 aliphatic heterocycles. The van der Waals surface area contributed by atoms with Gasteiger partial charge < -0.3 is 0 Å². The van der Waals surface area contributed by atoms with Crippen molar-refractivity contribution >= 4 is 0 Å². The van der Waals surface area contributed by atoms with Crippen molar-refractivity contribution in [1.29, 1.82) is 0 Å². The second-order valence-electron chi connectivity index (χ2n) is 2.70. The highest BCUT2D eigenvalue weighted by Crippen LogP contribution is 2.19. The lowest BCUT2D eigenvalue weighted by atomic mass is 10.3. The highest BCUT2D eigenvalue weighted by molar-refractivity contribution is 4.80. The molecule has 0 aromatic heterocycles. The van der Waals surface area contributed by atoms with Gasteiger partial charge in [0, 0.05) is 19.6 Å². The zero-order valence-corrected chi connectivity index (χ0v) is 7.48. The summed E-state index contributed by atoms with van der Waals surface area (Å²) in [6, 6.07) is 0. The third kappa shape index (κ3) is 7.59. The van der Waals surface area contributed by atoms with E-state index in [1.165, 1.54) is 0 Å². The zero-order chi connectivity index (χ0) is 10.3. The van der Waals surface area contributed by atoms with Gasteiger partial charge in [-0.1, -0.05) is 12.2 Å². The minimum absolute atomic E-state index is 0.00153. The first-order chi connectivity index (χ1) is 5.99. The first-order valence-corrected chi connectivity index (χ1v) is 4.00. The Morgan fingerprint density at radius 2 is 1.54 bits per heavy atom. The highest BCUT2D eigenvalue weighted by atomic mass is 19.4. The molecule has 0 saturated carbocycles. The predicted molar refractivity (Wildman–Crippen MR) is 47.5 cm³/mol. The molecule has 76 valence electrons. The van der Waals surface area contributed by atoms with Crippen LogP contribution in [0, 0.1) is 0 Å². The highest BCUT2D eigenvalue weighted by Gasteiger charge is 2.27. The molecule has 0 spiro atoms. The largest absolute Gasteiger partial charge is 0.390 e. The van der Waals surface area contributed by atoms with Crippen LogP contribution in [0.4, 0.5) is 13.2 Å². The van der Waals surface area contributed by atoms with Gasteiger partial charge in [0.1, 0.15) is 0 Å². The maximum atomic E-state index is 11.8. The lowest BCUT2D eigenvalue weighted by Crippen LogP contribution is -2.28. The molecule has 0 atom stereocenters. The number of nitrogens with zero attached hydrogens (tertiary/aromatic N) is 1. The molecule has 0 aliphatic carbocycles. The van der Waals surface area contributed by atoms with Crippen LogP contribution in [0.1, 0.15) is 6.42 Å². The van der Waals surface area contributed by atoms with Crippen molar-refractivity contribution in [3.8, 4) is 0 Å². The summed E-state index contributed by atoms with van der Waals surface area (Å²) in [7, 11) is 0. The number of halogens is 3. The standard InChI is InChI=1S/C9H14F3N/c1-3-6-13(7-4-2)8-5-9(10,11)12/h3-4H,1-2,5-8H2. The average Bonchev–Trinajstić information content (AvgIpc) is 2.00. The van der Waals surface area contributed by atoms with Crippen LogP contribution in [0.2, 0.25) is 0 Å². The van der Waals surface area contributed by atoms with Gasteiger partial charge in [0.2, 0.25) is 0 Å². The van der Waals surface area contributed by atoms with Crippen LogP contribution in [0.15, 0.2) is 25.3 Å². The van der Waals surface area contributed by atoms with Crippen molar-refractivity contribution in [3.63, 3.8) is 0 Å². The van der Waals surface area contributed by atoms with Gasteiger partial charge in [0.25, 0.3) is 0 Å². The van der Waals surface area contributed by atoms with E-state index in [-0.39, 0.29) is 6.54 Å². The van der Waals surface area contributed by atoms with Gasteiger partial charge in [-0.25, -0.2) is 0 Å². The molecule has 0 aromatic rings. The topological polar surface area (TPSA) is 3.24 Å². The number of hydrogen-bond donors (Lipinski definition) is 0. The Morgan fingerprint density at radius 3 is 1.85 bits per heavy atom. The Labute approximate surface area is 76.5 Å². The second kappa shape index (κ2) is 5.80. The molecule has 1 nitrogen and oxygen atoms in total. The van der Waals surface area contributed by atoms with Crippen LogP contribution in [-0.2, 0) is 0 Å². The minimum Gasteiger partial charge on any atom is -0.296 e. The number of rotatable bonds is 6. The fourth-order valence-electron chi connectivity index (χ4n) is 0.907. The Kier molecular flexibility index (Phi) is 5.46. The molecule has 0 radical (unpaired) electrons. The Hall–Kier alpha value is -0.770. The normalized spacial score (nSPS) is 11.7. The third-order valence-corrected chi connectivity index (χ3v) is 1.49. The molecular weight excluding hydrogens is 179 g/mol. The van der Waals surface area contributed by atoms with E-state index in [1.54, 1.807) is 17.1 Å². The van der Waals surface area contributed by atoms with E-state index in [0.29, 0.717) is 13.1 Å². The lowest BCUT2D eigenvalue weighted by Gasteiger charge is -2.19. The summed E-state index contributed by atoms with van der Waals surface area (Å²) in [5.74, 6) is 0. The monoisotopic (exact) mass is 193 g/mol. The van der Waals surface area contributed by atoms with Crippen LogP contribution in [0.5, 0.6) is 0 Å². The molecule has 0 bridgehead atoms. The molecule has 0 heterocycles. The first kappa shape index (κ1) is 12.2. The Balaban J connectivity index is 3.80. The fourth-order valence-corrected chi connectivity index (χ4v) is 0.907.